The Hall–Kier alpha value is -2.84. The van der Waals surface area contributed by atoms with Crippen molar-refractivity contribution < 1.29 is 9.90 Å². The van der Waals surface area contributed by atoms with E-state index in [-0.39, 0.29) is 11.8 Å². The number of nitrogens with zero attached hydrogens (tertiary/aromatic N) is 4. The van der Waals surface area contributed by atoms with Gasteiger partial charge in [-0.25, -0.2) is 9.97 Å². The van der Waals surface area contributed by atoms with Crippen LogP contribution in [0.15, 0.2) is 30.7 Å². The fraction of sp³-hybridized carbons (Fsp3) is 0.300. The van der Waals surface area contributed by atoms with Crippen LogP contribution in [-0.2, 0) is 4.79 Å². The first-order chi connectivity index (χ1) is 13.5. The van der Waals surface area contributed by atoms with Crippen LogP contribution in [-0.4, -0.2) is 30.4 Å². The Labute approximate surface area is 165 Å². The predicted octanol–water partition coefficient (Wildman–Crippen LogP) is 3.72. The monoisotopic (exact) mass is 393 g/mol. The quantitative estimate of drug-likeness (QED) is 0.551. The number of aliphatic hydroxyl groups excluding tert-OH is 1. The van der Waals surface area contributed by atoms with E-state index in [0.29, 0.717) is 10.8 Å². The second kappa shape index (κ2) is 6.35. The van der Waals surface area contributed by atoms with Crippen molar-refractivity contribution in [3.05, 3.63) is 42.0 Å². The number of aryl methyl sites for hydroxylation is 1. The number of rotatable bonds is 4. The summed E-state index contributed by atoms with van der Waals surface area (Å²) in [4.78, 5) is 26.6. The van der Waals surface area contributed by atoms with Gasteiger partial charge in [-0.05, 0) is 44.4 Å². The molecule has 8 heteroatoms. The molecule has 142 valence electrons. The van der Waals surface area contributed by atoms with E-state index in [4.69, 9.17) is 0 Å². The van der Waals surface area contributed by atoms with Crippen LogP contribution in [0.5, 0.6) is 0 Å². The zero-order valence-electron chi connectivity index (χ0n) is 15.5. The average Bonchev–Trinajstić information content (AvgIpc) is 3.26. The summed E-state index contributed by atoms with van der Waals surface area (Å²) in [5.41, 5.74) is 5.12. The molecule has 5 rings (SSSR count). The third-order valence-corrected chi connectivity index (χ3v) is 6.03. The summed E-state index contributed by atoms with van der Waals surface area (Å²) >= 11 is 1.45. The summed E-state index contributed by atoms with van der Waals surface area (Å²) < 4.78 is 2.00. The van der Waals surface area contributed by atoms with Crippen LogP contribution in [0.3, 0.4) is 0 Å². The number of nitrogens with one attached hydrogen (secondary N) is 1. The van der Waals surface area contributed by atoms with Crippen molar-refractivity contribution in [2.45, 2.75) is 32.8 Å². The number of aromatic nitrogens is 4. The fourth-order valence-electron chi connectivity index (χ4n) is 3.35. The van der Waals surface area contributed by atoms with Crippen LogP contribution < -0.4 is 5.32 Å². The van der Waals surface area contributed by atoms with Gasteiger partial charge in [0, 0.05) is 35.6 Å². The summed E-state index contributed by atoms with van der Waals surface area (Å²) in [6.45, 7) is 3.70. The van der Waals surface area contributed by atoms with Crippen molar-refractivity contribution in [3.8, 4) is 11.1 Å². The van der Waals surface area contributed by atoms with Crippen LogP contribution in [0, 0.1) is 12.8 Å². The van der Waals surface area contributed by atoms with Gasteiger partial charge in [0.2, 0.25) is 5.91 Å². The molecule has 1 atom stereocenters. The van der Waals surface area contributed by atoms with Gasteiger partial charge >= 0.3 is 0 Å². The van der Waals surface area contributed by atoms with E-state index in [2.05, 4.69) is 20.3 Å². The highest BCUT2D eigenvalue weighted by Crippen LogP contribution is 2.36. The molecule has 0 spiro atoms. The van der Waals surface area contributed by atoms with Crippen LogP contribution >= 0.6 is 11.3 Å². The Morgan fingerprint density at radius 3 is 2.86 bits per heavy atom. The maximum atomic E-state index is 12.1. The second-order valence-corrected chi connectivity index (χ2v) is 8.23. The van der Waals surface area contributed by atoms with E-state index in [9.17, 15) is 9.90 Å². The topological polar surface area (TPSA) is 92.4 Å². The summed E-state index contributed by atoms with van der Waals surface area (Å²) in [6.07, 6.45) is 6.74. The largest absolute Gasteiger partial charge is 0.387 e. The molecule has 1 amide bonds. The molecule has 1 aliphatic carbocycles. The van der Waals surface area contributed by atoms with Crippen LogP contribution in [0.1, 0.15) is 37.1 Å². The van der Waals surface area contributed by atoms with Gasteiger partial charge in [-0.2, -0.15) is 0 Å². The van der Waals surface area contributed by atoms with Gasteiger partial charge in [-0.1, -0.05) is 11.3 Å². The molecule has 4 heterocycles. The van der Waals surface area contributed by atoms with Crippen molar-refractivity contribution in [3.63, 3.8) is 0 Å². The molecular formula is C20H19N5O2S. The molecule has 2 N–H and O–H groups in total. The van der Waals surface area contributed by atoms with Crippen molar-refractivity contribution in [2.24, 2.45) is 5.92 Å². The molecule has 0 unspecified atom stereocenters. The van der Waals surface area contributed by atoms with E-state index in [1.807, 2.05) is 29.7 Å². The highest BCUT2D eigenvalue weighted by molar-refractivity contribution is 7.22. The number of imidazole rings is 1. The molecule has 0 aliphatic heterocycles. The number of pyridine rings is 2. The minimum atomic E-state index is -0.613. The van der Waals surface area contributed by atoms with E-state index in [0.717, 1.165) is 45.5 Å². The van der Waals surface area contributed by atoms with Crippen LogP contribution in [0.25, 0.3) is 27.1 Å². The predicted molar refractivity (Wildman–Crippen MR) is 108 cm³/mol. The fourth-order valence-corrected chi connectivity index (χ4v) is 4.28. The molecule has 1 fully saturated rings. The number of carbonyl (C=O) groups excluding carboxylic acids is 1. The number of hydrogen-bond acceptors (Lipinski definition) is 6. The molecule has 0 bridgehead atoms. The SMILES string of the molecule is Cc1cc([C@H](C)O)ncc1-c1cc2nc(NC(=O)C3CC3)sc2n2ccnc12. The van der Waals surface area contributed by atoms with E-state index >= 15 is 0 Å². The first-order valence-electron chi connectivity index (χ1n) is 9.23. The second-order valence-electron chi connectivity index (χ2n) is 7.25. The first-order valence-corrected chi connectivity index (χ1v) is 10.1. The molecule has 0 saturated heterocycles. The van der Waals surface area contributed by atoms with Crippen molar-refractivity contribution >= 4 is 38.4 Å². The highest BCUT2D eigenvalue weighted by Gasteiger charge is 2.30. The maximum Gasteiger partial charge on any atom is 0.229 e. The van der Waals surface area contributed by atoms with Gasteiger partial charge < -0.3 is 10.4 Å². The molecule has 7 nitrogen and oxygen atoms in total. The number of anilines is 1. The Morgan fingerprint density at radius 2 is 2.14 bits per heavy atom. The minimum absolute atomic E-state index is 0.0508. The van der Waals surface area contributed by atoms with Gasteiger partial charge in [0.1, 0.15) is 16.0 Å². The van der Waals surface area contributed by atoms with Crippen molar-refractivity contribution in [2.75, 3.05) is 5.32 Å². The van der Waals surface area contributed by atoms with Gasteiger partial charge in [-0.15, -0.1) is 0 Å². The number of thiazole rings is 1. The smallest absolute Gasteiger partial charge is 0.229 e. The normalized spacial score (nSPS) is 15.2. The zero-order valence-corrected chi connectivity index (χ0v) is 16.3. The van der Waals surface area contributed by atoms with Gasteiger partial charge in [-0.3, -0.25) is 14.2 Å². The van der Waals surface area contributed by atoms with Gasteiger partial charge in [0.25, 0.3) is 0 Å². The van der Waals surface area contributed by atoms with E-state index in [1.54, 1.807) is 19.3 Å². The lowest BCUT2D eigenvalue weighted by molar-refractivity contribution is -0.117. The molecule has 1 saturated carbocycles. The third kappa shape index (κ3) is 2.85. The Morgan fingerprint density at radius 1 is 1.32 bits per heavy atom. The number of carbonyl (C=O) groups is 1. The summed E-state index contributed by atoms with van der Waals surface area (Å²) in [5, 5.41) is 13.3. The molecule has 28 heavy (non-hydrogen) atoms. The van der Waals surface area contributed by atoms with Crippen molar-refractivity contribution in [1.29, 1.82) is 0 Å². The summed E-state index contributed by atoms with van der Waals surface area (Å²) in [5.74, 6) is 0.187. The summed E-state index contributed by atoms with van der Waals surface area (Å²) in [7, 11) is 0. The Kier molecular flexibility index (Phi) is 3.92. The molecular weight excluding hydrogens is 374 g/mol. The number of hydrogen-bond donors (Lipinski definition) is 2. The maximum absolute atomic E-state index is 12.1. The first kappa shape index (κ1) is 17.3. The lowest BCUT2D eigenvalue weighted by atomic mass is 10.0. The minimum Gasteiger partial charge on any atom is -0.387 e. The molecule has 0 radical (unpaired) electrons. The molecule has 1 aliphatic rings. The highest BCUT2D eigenvalue weighted by atomic mass is 32.1. The standard InChI is InChI=1S/C20H19N5O2S/c1-10-7-15(11(2)26)22-9-14(10)13-8-16-19(25-6-5-21-17(13)25)28-20(23-16)24-18(27)12-3-4-12/h5-9,11-12,26H,3-4H2,1-2H3,(H,23,24,27)/t11-/m0/s1. The molecule has 4 aromatic heterocycles. The lowest BCUT2D eigenvalue weighted by Gasteiger charge is -2.11. The van der Waals surface area contributed by atoms with Crippen LogP contribution in [0.2, 0.25) is 0 Å². The lowest BCUT2D eigenvalue weighted by Crippen LogP contribution is -2.12. The van der Waals surface area contributed by atoms with Crippen molar-refractivity contribution in [1.82, 2.24) is 19.4 Å². The third-order valence-electron chi connectivity index (χ3n) is 5.04. The zero-order chi connectivity index (χ0) is 19.4. The summed E-state index contributed by atoms with van der Waals surface area (Å²) in [6, 6.07) is 3.89. The van der Waals surface area contributed by atoms with Crippen LogP contribution in [0.4, 0.5) is 5.13 Å². The average molecular weight is 393 g/mol. The van der Waals surface area contributed by atoms with Gasteiger partial charge in [0.05, 0.1) is 11.8 Å². The Balaban J connectivity index is 1.64. The number of amides is 1. The van der Waals surface area contributed by atoms with Gasteiger partial charge in [0.15, 0.2) is 5.13 Å². The molecule has 4 aromatic rings. The van der Waals surface area contributed by atoms with E-state index in [1.165, 1.54) is 11.3 Å². The Bertz CT molecular complexity index is 1220. The number of aliphatic hydroxyl groups is 1. The molecule has 0 aromatic carbocycles. The number of fused-ring (bicyclic) bond motifs is 3. The van der Waals surface area contributed by atoms with E-state index < -0.39 is 6.10 Å².